The van der Waals surface area contributed by atoms with Gasteiger partial charge in [0.15, 0.2) is 0 Å². The summed E-state index contributed by atoms with van der Waals surface area (Å²) < 4.78 is 0. The molecule has 15 heavy (non-hydrogen) atoms. The van der Waals surface area contributed by atoms with Crippen molar-refractivity contribution in [1.29, 1.82) is 0 Å². The van der Waals surface area contributed by atoms with Gasteiger partial charge in [-0.25, -0.2) is 0 Å². The summed E-state index contributed by atoms with van der Waals surface area (Å²) in [6.07, 6.45) is 1.10. The summed E-state index contributed by atoms with van der Waals surface area (Å²) in [4.78, 5) is 0. The average Bonchev–Trinajstić information content (AvgIpc) is 2.17. The molecule has 84 valence electrons. The minimum absolute atomic E-state index is 0.675. The van der Waals surface area contributed by atoms with Crippen molar-refractivity contribution in [2.45, 2.75) is 20.3 Å². The van der Waals surface area contributed by atoms with Crippen molar-refractivity contribution in [1.82, 2.24) is 5.32 Å². The Kier molecular flexibility index (Phi) is 5.13. The summed E-state index contributed by atoms with van der Waals surface area (Å²) in [7, 11) is 2.01. The van der Waals surface area contributed by atoms with Gasteiger partial charge in [0.1, 0.15) is 0 Å². The summed E-state index contributed by atoms with van der Waals surface area (Å²) in [5, 5.41) is 4.08. The Bertz CT molecular complexity index is 296. The molecule has 1 nitrogen and oxygen atoms in total. The smallest absolute Gasteiger partial charge is 0.0408 e. The third-order valence-corrected chi connectivity index (χ3v) is 3.03. The van der Waals surface area contributed by atoms with Crippen LogP contribution in [0.1, 0.15) is 19.4 Å². The van der Waals surface area contributed by atoms with Crippen molar-refractivity contribution in [3.05, 3.63) is 34.9 Å². The molecule has 0 saturated carbocycles. The Hall–Kier alpha value is -0.530. The largest absolute Gasteiger partial charge is 0.319 e. The highest BCUT2D eigenvalue weighted by molar-refractivity contribution is 6.30. The standard InChI is InChI=1S/C13H20ClN/c1-10(2)12(9-15-3)7-11-5-4-6-13(14)8-11/h4-6,8,10,12,15H,7,9H2,1-3H3. The lowest BCUT2D eigenvalue weighted by Gasteiger charge is -2.20. The predicted octanol–water partition coefficient (Wildman–Crippen LogP) is 3.37. The van der Waals surface area contributed by atoms with E-state index < -0.39 is 0 Å². The average molecular weight is 226 g/mol. The van der Waals surface area contributed by atoms with Crippen LogP contribution in [0.2, 0.25) is 5.02 Å². The second kappa shape index (κ2) is 6.14. The van der Waals surface area contributed by atoms with Crippen LogP contribution >= 0.6 is 11.6 Å². The minimum atomic E-state index is 0.675. The van der Waals surface area contributed by atoms with Crippen LogP contribution in [0.3, 0.4) is 0 Å². The maximum absolute atomic E-state index is 5.97. The van der Waals surface area contributed by atoms with E-state index in [-0.39, 0.29) is 0 Å². The van der Waals surface area contributed by atoms with E-state index >= 15 is 0 Å². The Morgan fingerprint density at radius 3 is 2.60 bits per heavy atom. The van der Waals surface area contributed by atoms with Gasteiger partial charge in [0.05, 0.1) is 0 Å². The fourth-order valence-electron chi connectivity index (χ4n) is 1.77. The van der Waals surface area contributed by atoms with Gasteiger partial charge in [0, 0.05) is 5.02 Å². The first-order chi connectivity index (χ1) is 7.13. The predicted molar refractivity (Wildman–Crippen MR) is 67.4 cm³/mol. The first-order valence-corrected chi connectivity index (χ1v) is 5.90. The molecule has 0 radical (unpaired) electrons. The van der Waals surface area contributed by atoms with Crippen LogP contribution < -0.4 is 5.32 Å². The van der Waals surface area contributed by atoms with Crippen LogP contribution in [0, 0.1) is 11.8 Å². The van der Waals surface area contributed by atoms with E-state index in [0.717, 1.165) is 18.0 Å². The lowest BCUT2D eigenvalue weighted by atomic mass is 9.89. The molecule has 0 bridgehead atoms. The molecule has 0 amide bonds. The van der Waals surface area contributed by atoms with E-state index in [1.165, 1.54) is 5.56 Å². The number of hydrogen-bond acceptors (Lipinski definition) is 1. The van der Waals surface area contributed by atoms with E-state index in [4.69, 9.17) is 11.6 Å². The second-order valence-electron chi connectivity index (χ2n) is 4.40. The molecule has 0 aromatic heterocycles. The van der Waals surface area contributed by atoms with Crippen LogP contribution in [0.25, 0.3) is 0 Å². The van der Waals surface area contributed by atoms with Crippen LogP contribution in [0.4, 0.5) is 0 Å². The lowest BCUT2D eigenvalue weighted by Crippen LogP contribution is -2.25. The number of nitrogens with one attached hydrogen (secondary N) is 1. The zero-order chi connectivity index (χ0) is 11.3. The van der Waals surface area contributed by atoms with Crippen LogP contribution in [0.15, 0.2) is 24.3 Å². The van der Waals surface area contributed by atoms with E-state index in [1.807, 2.05) is 19.2 Å². The Morgan fingerprint density at radius 2 is 2.07 bits per heavy atom. The fourth-order valence-corrected chi connectivity index (χ4v) is 1.99. The first kappa shape index (κ1) is 12.5. The molecule has 1 N–H and O–H groups in total. The monoisotopic (exact) mass is 225 g/mol. The van der Waals surface area contributed by atoms with Crippen molar-refractivity contribution >= 4 is 11.6 Å². The van der Waals surface area contributed by atoms with Gasteiger partial charge in [-0.05, 0) is 49.5 Å². The first-order valence-electron chi connectivity index (χ1n) is 5.52. The maximum atomic E-state index is 5.97. The van der Waals surface area contributed by atoms with Crippen LogP contribution in [-0.4, -0.2) is 13.6 Å². The molecular formula is C13H20ClN. The van der Waals surface area contributed by atoms with Gasteiger partial charge in [-0.3, -0.25) is 0 Å². The topological polar surface area (TPSA) is 12.0 Å². The minimum Gasteiger partial charge on any atom is -0.319 e. The summed E-state index contributed by atoms with van der Waals surface area (Å²) in [6, 6.07) is 8.16. The van der Waals surface area contributed by atoms with E-state index in [1.54, 1.807) is 0 Å². The highest BCUT2D eigenvalue weighted by atomic mass is 35.5. The molecule has 0 heterocycles. The lowest BCUT2D eigenvalue weighted by molar-refractivity contribution is 0.370. The molecule has 0 aliphatic carbocycles. The van der Waals surface area contributed by atoms with Crippen LogP contribution in [-0.2, 0) is 6.42 Å². The SMILES string of the molecule is CNCC(Cc1cccc(Cl)c1)C(C)C. The zero-order valence-corrected chi connectivity index (χ0v) is 10.5. The molecule has 0 saturated heterocycles. The zero-order valence-electron chi connectivity index (χ0n) is 9.76. The van der Waals surface area contributed by atoms with E-state index in [2.05, 4.69) is 31.3 Å². The number of benzene rings is 1. The van der Waals surface area contributed by atoms with Gasteiger partial charge in [-0.2, -0.15) is 0 Å². The molecule has 1 atom stereocenters. The molecule has 1 rings (SSSR count). The maximum Gasteiger partial charge on any atom is 0.0408 e. The highest BCUT2D eigenvalue weighted by Gasteiger charge is 2.13. The third-order valence-electron chi connectivity index (χ3n) is 2.80. The molecule has 1 unspecified atom stereocenters. The number of rotatable bonds is 5. The van der Waals surface area contributed by atoms with Gasteiger partial charge in [-0.1, -0.05) is 37.6 Å². The van der Waals surface area contributed by atoms with Gasteiger partial charge >= 0.3 is 0 Å². The van der Waals surface area contributed by atoms with Gasteiger partial charge in [0.25, 0.3) is 0 Å². The van der Waals surface area contributed by atoms with Crippen molar-refractivity contribution in [2.75, 3.05) is 13.6 Å². The fraction of sp³-hybridized carbons (Fsp3) is 0.538. The molecule has 2 heteroatoms. The van der Waals surface area contributed by atoms with E-state index in [9.17, 15) is 0 Å². The second-order valence-corrected chi connectivity index (χ2v) is 4.83. The molecular weight excluding hydrogens is 206 g/mol. The number of hydrogen-bond donors (Lipinski definition) is 1. The van der Waals surface area contributed by atoms with Crippen molar-refractivity contribution in [3.8, 4) is 0 Å². The van der Waals surface area contributed by atoms with Crippen molar-refractivity contribution < 1.29 is 0 Å². The summed E-state index contributed by atoms with van der Waals surface area (Å²) in [5.41, 5.74) is 1.33. The van der Waals surface area contributed by atoms with Gasteiger partial charge < -0.3 is 5.32 Å². The van der Waals surface area contributed by atoms with Crippen molar-refractivity contribution in [3.63, 3.8) is 0 Å². The Labute approximate surface area is 97.8 Å². The Morgan fingerprint density at radius 1 is 1.33 bits per heavy atom. The molecule has 0 aliphatic heterocycles. The van der Waals surface area contributed by atoms with Crippen LogP contribution in [0.5, 0.6) is 0 Å². The van der Waals surface area contributed by atoms with Crippen molar-refractivity contribution in [2.24, 2.45) is 11.8 Å². The van der Waals surface area contributed by atoms with Gasteiger partial charge in [-0.15, -0.1) is 0 Å². The number of halogens is 1. The summed E-state index contributed by atoms with van der Waals surface area (Å²) >= 11 is 5.97. The summed E-state index contributed by atoms with van der Waals surface area (Å²) in [5.74, 6) is 1.37. The normalized spacial score (nSPS) is 13.1. The van der Waals surface area contributed by atoms with Gasteiger partial charge in [0.2, 0.25) is 0 Å². The molecule has 1 aromatic carbocycles. The molecule has 0 spiro atoms. The Balaban J connectivity index is 2.65. The quantitative estimate of drug-likeness (QED) is 0.810. The van der Waals surface area contributed by atoms with E-state index in [0.29, 0.717) is 11.8 Å². The summed E-state index contributed by atoms with van der Waals surface area (Å²) in [6.45, 7) is 5.60. The molecule has 0 fully saturated rings. The molecule has 1 aromatic rings. The highest BCUT2D eigenvalue weighted by Crippen LogP contribution is 2.19. The third kappa shape index (κ3) is 4.23. The molecule has 0 aliphatic rings.